The molecule has 1 aliphatic carbocycles. The molecule has 33 heavy (non-hydrogen) atoms. The number of anilines is 2. The van der Waals surface area contributed by atoms with Crippen LogP contribution in [-0.2, 0) is 9.59 Å². The van der Waals surface area contributed by atoms with E-state index in [9.17, 15) is 19.8 Å². The number of hydrazone groups is 1. The van der Waals surface area contributed by atoms with Crippen molar-refractivity contribution in [3.8, 4) is 5.75 Å². The Bertz CT molecular complexity index is 1340. The first-order valence-electron chi connectivity index (χ1n) is 10.2. The largest absolute Gasteiger partial charge is 0.507 e. The van der Waals surface area contributed by atoms with Crippen molar-refractivity contribution in [1.29, 1.82) is 0 Å². The molecule has 164 valence electrons. The summed E-state index contributed by atoms with van der Waals surface area (Å²) < 4.78 is 5.13. The molecule has 2 aromatic carbocycles. The molecule has 2 heterocycles. The van der Waals surface area contributed by atoms with Gasteiger partial charge in [-0.2, -0.15) is 5.10 Å². The number of allylic oxidation sites excluding steroid dienone is 2. The molecule has 1 unspecified atom stereocenters. The van der Waals surface area contributed by atoms with Crippen LogP contribution in [0.3, 0.4) is 0 Å². The van der Waals surface area contributed by atoms with E-state index in [1.807, 2.05) is 6.07 Å². The van der Waals surface area contributed by atoms with E-state index in [0.29, 0.717) is 28.1 Å². The molecule has 2 aliphatic rings. The number of rotatable bonds is 5. The van der Waals surface area contributed by atoms with Gasteiger partial charge in [-0.3, -0.25) is 15.1 Å². The SMILES string of the molecule is O=C1/C(=N\NC2(C(=O)O)C=CC=C(c3ccccc3O)C2)c2ccccc2N1c1ccoc1. The first-order valence-corrected chi connectivity index (χ1v) is 10.2. The summed E-state index contributed by atoms with van der Waals surface area (Å²) in [5.74, 6) is -1.50. The number of nitrogens with zero attached hydrogens (tertiary/aromatic N) is 2. The maximum Gasteiger partial charge on any atom is 0.335 e. The molecule has 0 radical (unpaired) electrons. The Balaban J connectivity index is 1.50. The van der Waals surface area contributed by atoms with Gasteiger partial charge < -0.3 is 14.6 Å². The van der Waals surface area contributed by atoms with Gasteiger partial charge >= 0.3 is 5.97 Å². The van der Waals surface area contributed by atoms with Gasteiger partial charge in [0.2, 0.25) is 0 Å². The van der Waals surface area contributed by atoms with Crippen molar-refractivity contribution in [2.24, 2.45) is 5.10 Å². The van der Waals surface area contributed by atoms with Crippen LogP contribution in [0.25, 0.3) is 5.57 Å². The summed E-state index contributed by atoms with van der Waals surface area (Å²) in [7, 11) is 0. The number of para-hydroxylation sites is 2. The van der Waals surface area contributed by atoms with E-state index < -0.39 is 17.4 Å². The molecule has 1 atom stereocenters. The van der Waals surface area contributed by atoms with E-state index in [1.54, 1.807) is 60.7 Å². The molecule has 3 aromatic rings. The quantitative estimate of drug-likeness (QED) is 0.519. The number of nitrogens with one attached hydrogen (secondary N) is 1. The molecule has 0 saturated carbocycles. The van der Waals surface area contributed by atoms with Crippen molar-refractivity contribution in [3.05, 3.63) is 96.5 Å². The second-order valence-corrected chi connectivity index (χ2v) is 7.73. The fourth-order valence-corrected chi connectivity index (χ4v) is 4.05. The summed E-state index contributed by atoms with van der Waals surface area (Å²) in [6.45, 7) is 0. The average molecular weight is 441 g/mol. The Labute approximate surface area is 188 Å². The lowest BCUT2D eigenvalue weighted by atomic mass is 9.84. The molecule has 0 fully saturated rings. The van der Waals surface area contributed by atoms with Crippen molar-refractivity contribution in [2.45, 2.75) is 12.0 Å². The Morgan fingerprint density at radius 1 is 1.09 bits per heavy atom. The average Bonchev–Trinajstić information content (AvgIpc) is 3.44. The van der Waals surface area contributed by atoms with E-state index >= 15 is 0 Å². The molecule has 1 amide bonds. The normalized spacial score (nSPS) is 20.6. The summed E-state index contributed by atoms with van der Waals surface area (Å²) in [6.07, 6.45) is 7.79. The van der Waals surface area contributed by atoms with E-state index in [2.05, 4.69) is 10.5 Å². The Morgan fingerprint density at radius 3 is 2.58 bits per heavy atom. The Kier molecular flexibility index (Phi) is 4.82. The molecular formula is C25H19N3O5. The van der Waals surface area contributed by atoms with Crippen LogP contribution < -0.4 is 10.3 Å². The number of aliphatic carboxylic acids is 1. The summed E-state index contributed by atoms with van der Waals surface area (Å²) in [4.78, 5) is 27.1. The number of aromatic hydroxyl groups is 1. The summed E-state index contributed by atoms with van der Waals surface area (Å²) in [5, 5.41) is 24.6. The highest BCUT2D eigenvalue weighted by Gasteiger charge is 2.41. The fraction of sp³-hybridized carbons (Fsp3) is 0.0800. The lowest BCUT2D eigenvalue weighted by Gasteiger charge is -2.29. The Morgan fingerprint density at radius 2 is 1.85 bits per heavy atom. The number of hydrogen-bond acceptors (Lipinski definition) is 6. The highest BCUT2D eigenvalue weighted by atomic mass is 16.4. The molecule has 1 aromatic heterocycles. The zero-order valence-corrected chi connectivity index (χ0v) is 17.3. The van der Waals surface area contributed by atoms with Crippen LogP contribution in [0.5, 0.6) is 5.75 Å². The van der Waals surface area contributed by atoms with Gasteiger partial charge in [-0.05, 0) is 23.8 Å². The van der Waals surface area contributed by atoms with Gasteiger partial charge in [0, 0.05) is 23.6 Å². The van der Waals surface area contributed by atoms with Crippen molar-refractivity contribution in [1.82, 2.24) is 5.43 Å². The first-order chi connectivity index (χ1) is 16.0. The maximum atomic E-state index is 13.2. The zero-order valence-electron chi connectivity index (χ0n) is 17.3. The van der Waals surface area contributed by atoms with E-state index in [-0.39, 0.29) is 17.9 Å². The van der Waals surface area contributed by atoms with Gasteiger partial charge in [0.05, 0.1) is 17.6 Å². The van der Waals surface area contributed by atoms with Gasteiger partial charge in [0.1, 0.15) is 12.0 Å². The van der Waals surface area contributed by atoms with Crippen LogP contribution in [0.4, 0.5) is 11.4 Å². The third-order valence-electron chi connectivity index (χ3n) is 5.72. The minimum atomic E-state index is -1.60. The summed E-state index contributed by atoms with van der Waals surface area (Å²) >= 11 is 0. The minimum Gasteiger partial charge on any atom is -0.507 e. The van der Waals surface area contributed by atoms with E-state index in [1.165, 1.54) is 23.5 Å². The maximum absolute atomic E-state index is 13.2. The van der Waals surface area contributed by atoms with E-state index in [4.69, 9.17) is 4.42 Å². The number of amides is 1. The van der Waals surface area contributed by atoms with Crippen LogP contribution in [0.1, 0.15) is 17.5 Å². The lowest BCUT2D eigenvalue weighted by Crippen LogP contribution is -2.49. The molecule has 8 nitrogen and oxygen atoms in total. The van der Waals surface area contributed by atoms with Crippen LogP contribution in [0.15, 0.2) is 94.9 Å². The first kappa shape index (κ1) is 20.3. The molecule has 3 N–H and O–H groups in total. The van der Waals surface area contributed by atoms with Gasteiger partial charge in [-0.1, -0.05) is 48.6 Å². The smallest absolute Gasteiger partial charge is 0.335 e. The van der Waals surface area contributed by atoms with Crippen molar-refractivity contribution in [3.63, 3.8) is 0 Å². The number of furan rings is 1. The number of hydrogen-bond donors (Lipinski definition) is 3. The predicted molar refractivity (Wildman–Crippen MR) is 122 cm³/mol. The van der Waals surface area contributed by atoms with Crippen molar-refractivity contribution in [2.75, 3.05) is 4.90 Å². The highest BCUT2D eigenvalue weighted by Crippen LogP contribution is 2.37. The third-order valence-corrected chi connectivity index (χ3v) is 5.72. The molecule has 0 saturated heterocycles. The Hall–Kier alpha value is -4.59. The predicted octanol–water partition coefficient (Wildman–Crippen LogP) is 3.82. The number of phenolic OH excluding ortho intramolecular Hbond substituents is 1. The second kappa shape index (κ2) is 7.83. The number of carbonyl (C=O) groups is 2. The van der Waals surface area contributed by atoms with Crippen LogP contribution in [-0.4, -0.2) is 33.3 Å². The number of fused-ring (bicyclic) bond motifs is 1. The van der Waals surface area contributed by atoms with Crippen LogP contribution in [0, 0.1) is 0 Å². The van der Waals surface area contributed by atoms with Gasteiger partial charge in [0.15, 0.2) is 11.3 Å². The summed E-state index contributed by atoms with van der Waals surface area (Å²) in [5.41, 5.74) is 4.16. The third kappa shape index (κ3) is 3.38. The topological polar surface area (TPSA) is 115 Å². The lowest BCUT2D eigenvalue weighted by molar-refractivity contribution is -0.142. The minimum absolute atomic E-state index is 0.0223. The molecule has 0 spiro atoms. The number of benzene rings is 2. The van der Waals surface area contributed by atoms with Gasteiger partial charge in [-0.25, -0.2) is 4.79 Å². The number of phenols is 1. The van der Waals surface area contributed by atoms with Gasteiger partial charge in [-0.15, -0.1) is 0 Å². The second-order valence-electron chi connectivity index (χ2n) is 7.73. The number of carboxylic acid groups (broad SMARTS) is 1. The molecular weight excluding hydrogens is 422 g/mol. The number of carboxylic acids is 1. The zero-order chi connectivity index (χ0) is 23.0. The monoisotopic (exact) mass is 441 g/mol. The van der Waals surface area contributed by atoms with E-state index in [0.717, 1.165) is 0 Å². The fourth-order valence-electron chi connectivity index (χ4n) is 4.05. The highest BCUT2D eigenvalue weighted by molar-refractivity contribution is 6.55. The molecule has 1 aliphatic heterocycles. The standard InChI is InChI=1S/C25H19N3O5/c29-21-10-4-2-7-18(21)16-6-5-12-25(14-16,24(31)32)27-26-22-19-8-1-3-9-20(19)28(23(22)30)17-11-13-33-15-17/h1-13,15,27,29H,14H2,(H,31,32)/b26-22-. The van der Waals surface area contributed by atoms with Gasteiger partial charge in [0.25, 0.3) is 5.91 Å². The summed E-state index contributed by atoms with van der Waals surface area (Å²) in [6, 6.07) is 15.5. The van der Waals surface area contributed by atoms with Crippen molar-refractivity contribution < 1.29 is 24.2 Å². The number of carbonyl (C=O) groups excluding carboxylic acids is 1. The molecule has 0 bridgehead atoms. The van der Waals surface area contributed by atoms with Crippen molar-refractivity contribution >= 4 is 34.5 Å². The van der Waals surface area contributed by atoms with Crippen LogP contribution >= 0.6 is 0 Å². The molecule has 5 rings (SSSR count). The van der Waals surface area contributed by atoms with Crippen LogP contribution in [0.2, 0.25) is 0 Å². The molecule has 8 heteroatoms.